The molecule has 2 aromatic rings. The van der Waals surface area contributed by atoms with Crippen LogP contribution < -0.4 is 10.1 Å². The van der Waals surface area contributed by atoms with Crippen molar-refractivity contribution in [2.75, 3.05) is 19.5 Å². The van der Waals surface area contributed by atoms with Gasteiger partial charge in [0.05, 0.1) is 31.5 Å². The molecule has 2 rings (SSSR count). The first kappa shape index (κ1) is 16.3. The summed E-state index contributed by atoms with van der Waals surface area (Å²) in [5.41, 5.74) is 1.59. The van der Waals surface area contributed by atoms with E-state index in [4.69, 9.17) is 14.7 Å². The number of benzene rings is 2. The zero-order valence-corrected chi connectivity index (χ0v) is 12.7. The fourth-order valence-electron chi connectivity index (χ4n) is 2.06. The molecule has 0 heterocycles. The first-order chi connectivity index (χ1) is 11.1. The second kappa shape index (κ2) is 7.27. The van der Waals surface area contributed by atoms with Crippen LogP contribution in [0.1, 0.15) is 21.5 Å². The number of hydrogen-bond donors (Lipinski definition) is 1. The molecule has 0 saturated heterocycles. The van der Waals surface area contributed by atoms with E-state index in [-0.39, 0.29) is 11.3 Å². The van der Waals surface area contributed by atoms with Gasteiger partial charge in [0.1, 0.15) is 17.1 Å². The Balaban J connectivity index is 2.18. The highest BCUT2D eigenvalue weighted by Crippen LogP contribution is 2.22. The van der Waals surface area contributed by atoms with E-state index in [0.717, 1.165) is 11.6 Å². The molecule has 2 aromatic carbocycles. The Hall–Kier alpha value is -3.07. The number of nitrogens with zero attached hydrogens (tertiary/aromatic N) is 1. The fourth-order valence-corrected chi connectivity index (χ4v) is 2.06. The van der Waals surface area contributed by atoms with Gasteiger partial charge in [-0.25, -0.2) is 9.18 Å². The van der Waals surface area contributed by atoms with E-state index < -0.39 is 11.8 Å². The lowest BCUT2D eigenvalue weighted by Crippen LogP contribution is -2.07. The lowest BCUT2D eigenvalue weighted by atomic mass is 10.1. The van der Waals surface area contributed by atoms with Gasteiger partial charge in [-0.2, -0.15) is 5.26 Å². The Kier molecular flexibility index (Phi) is 5.15. The molecule has 0 saturated carbocycles. The van der Waals surface area contributed by atoms with Gasteiger partial charge in [0, 0.05) is 6.54 Å². The van der Waals surface area contributed by atoms with Gasteiger partial charge >= 0.3 is 5.97 Å². The predicted octanol–water partition coefficient (Wildman–Crippen LogP) is 3.10. The summed E-state index contributed by atoms with van der Waals surface area (Å²) in [7, 11) is 2.75. The Morgan fingerprint density at radius 1 is 1.26 bits per heavy atom. The smallest absolute Gasteiger partial charge is 0.341 e. The molecule has 1 N–H and O–H groups in total. The Labute approximate surface area is 133 Å². The molecule has 0 amide bonds. The quantitative estimate of drug-likeness (QED) is 0.859. The van der Waals surface area contributed by atoms with Crippen molar-refractivity contribution in [1.29, 1.82) is 5.26 Å². The number of rotatable bonds is 5. The third-order valence-corrected chi connectivity index (χ3v) is 3.25. The molecule has 0 radical (unpaired) electrons. The highest BCUT2D eigenvalue weighted by Gasteiger charge is 2.13. The molecule has 0 bridgehead atoms. The molecule has 23 heavy (non-hydrogen) atoms. The van der Waals surface area contributed by atoms with Crippen LogP contribution in [-0.2, 0) is 11.3 Å². The van der Waals surface area contributed by atoms with Gasteiger partial charge in [0.25, 0.3) is 0 Å². The average Bonchev–Trinajstić information content (AvgIpc) is 2.59. The van der Waals surface area contributed by atoms with E-state index in [1.54, 1.807) is 18.2 Å². The van der Waals surface area contributed by atoms with E-state index in [0.29, 0.717) is 17.9 Å². The van der Waals surface area contributed by atoms with Gasteiger partial charge in [0.2, 0.25) is 0 Å². The molecule has 6 heteroatoms. The van der Waals surface area contributed by atoms with Crippen LogP contribution in [0.2, 0.25) is 0 Å². The summed E-state index contributed by atoms with van der Waals surface area (Å²) >= 11 is 0. The zero-order chi connectivity index (χ0) is 16.8. The van der Waals surface area contributed by atoms with E-state index in [2.05, 4.69) is 5.32 Å². The average molecular weight is 314 g/mol. The number of nitriles is 1. The van der Waals surface area contributed by atoms with Gasteiger partial charge < -0.3 is 14.8 Å². The third kappa shape index (κ3) is 3.77. The molecule has 5 nitrogen and oxygen atoms in total. The monoisotopic (exact) mass is 314 g/mol. The molecule has 0 atom stereocenters. The van der Waals surface area contributed by atoms with Crippen molar-refractivity contribution in [1.82, 2.24) is 0 Å². The number of ether oxygens (including phenoxy) is 2. The van der Waals surface area contributed by atoms with Gasteiger partial charge in [-0.3, -0.25) is 0 Å². The predicted molar refractivity (Wildman–Crippen MR) is 82.8 cm³/mol. The van der Waals surface area contributed by atoms with Crippen LogP contribution >= 0.6 is 0 Å². The number of carbonyl (C=O) groups excluding carboxylic acids is 1. The zero-order valence-electron chi connectivity index (χ0n) is 12.7. The Morgan fingerprint density at radius 2 is 2.04 bits per heavy atom. The lowest BCUT2D eigenvalue weighted by Gasteiger charge is -2.11. The molecule has 0 aliphatic carbocycles. The highest BCUT2D eigenvalue weighted by atomic mass is 19.1. The number of hydrogen-bond acceptors (Lipinski definition) is 5. The van der Waals surface area contributed by atoms with Crippen molar-refractivity contribution in [3.8, 4) is 11.8 Å². The second-order valence-corrected chi connectivity index (χ2v) is 4.69. The standard InChI is InChI=1S/C17H15FN2O3/c1-22-16-6-4-12(7-13(16)17(21)23-2)10-20-15-5-3-11(9-19)8-14(15)18/h3-8,20H,10H2,1-2H3. The number of esters is 1. The number of nitrogens with one attached hydrogen (secondary N) is 1. The van der Waals surface area contributed by atoms with Gasteiger partial charge in [-0.15, -0.1) is 0 Å². The Bertz CT molecular complexity index is 769. The van der Waals surface area contributed by atoms with E-state index in [1.165, 1.54) is 26.4 Å². The summed E-state index contributed by atoms with van der Waals surface area (Å²) in [4.78, 5) is 11.7. The van der Waals surface area contributed by atoms with Crippen molar-refractivity contribution < 1.29 is 18.7 Å². The molecule has 0 unspecified atom stereocenters. The van der Waals surface area contributed by atoms with E-state index in [9.17, 15) is 9.18 Å². The summed E-state index contributed by atoms with van der Waals surface area (Å²) < 4.78 is 23.6. The molecular formula is C17H15FN2O3. The van der Waals surface area contributed by atoms with Crippen molar-refractivity contribution in [2.24, 2.45) is 0 Å². The van der Waals surface area contributed by atoms with Crippen LogP contribution in [0.15, 0.2) is 36.4 Å². The maximum Gasteiger partial charge on any atom is 0.341 e. The van der Waals surface area contributed by atoms with Crippen LogP contribution in [0.4, 0.5) is 10.1 Å². The van der Waals surface area contributed by atoms with E-state index in [1.807, 2.05) is 6.07 Å². The summed E-state index contributed by atoms with van der Waals surface area (Å²) in [6, 6.07) is 11.1. The van der Waals surface area contributed by atoms with Crippen LogP contribution in [0.3, 0.4) is 0 Å². The Morgan fingerprint density at radius 3 is 2.65 bits per heavy atom. The molecule has 0 spiro atoms. The summed E-state index contributed by atoms with van der Waals surface area (Å²) in [5, 5.41) is 11.6. The number of methoxy groups -OCH3 is 2. The van der Waals surface area contributed by atoms with Crippen molar-refractivity contribution in [3.05, 3.63) is 58.9 Å². The summed E-state index contributed by atoms with van der Waals surface area (Å²) in [5.74, 6) is -0.607. The highest BCUT2D eigenvalue weighted by molar-refractivity contribution is 5.92. The minimum absolute atomic E-state index is 0.255. The van der Waals surface area contributed by atoms with Crippen molar-refractivity contribution >= 4 is 11.7 Å². The van der Waals surface area contributed by atoms with Crippen LogP contribution in [0.25, 0.3) is 0 Å². The molecule has 0 aliphatic heterocycles. The maximum atomic E-state index is 13.8. The number of halogens is 1. The lowest BCUT2D eigenvalue weighted by molar-refractivity contribution is 0.0597. The fraction of sp³-hybridized carbons (Fsp3) is 0.176. The van der Waals surface area contributed by atoms with Crippen LogP contribution in [-0.4, -0.2) is 20.2 Å². The van der Waals surface area contributed by atoms with Crippen molar-refractivity contribution in [3.63, 3.8) is 0 Å². The number of anilines is 1. The second-order valence-electron chi connectivity index (χ2n) is 4.69. The SMILES string of the molecule is COC(=O)c1cc(CNc2ccc(C#N)cc2F)ccc1OC. The van der Waals surface area contributed by atoms with Crippen molar-refractivity contribution in [2.45, 2.75) is 6.54 Å². The molecule has 0 aliphatic rings. The normalized spacial score (nSPS) is 9.83. The summed E-state index contributed by atoms with van der Waals surface area (Å²) in [6.07, 6.45) is 0. The molecular weight excluding hydrogens is 299 g/mol. The largest absolute Gasteiger partial charge is 0.496 e. The molecule has 0 aromatic heterocycles. The maximum absolute atomic E-state index is 13.8. The number of carbonyl (C=O) groups is 1. The van der Waals surface area contributed by atoms with E-state index >= 15 is 0 Å². The van der Waals surface area contributed by atoms with Gasteiger partial charge in [0.15, 0.2) is 0 Å². The molecule has 118 valence electrons. The third-order valence-electron chi connectivity index (χ3n) is 3.25. The van der Waals surface area contributed by atoms with Crippen LogP contribution in [0.5, 0.6) is 5.75 Å². The minimum Gasteiger partial charge on any atom is -0.496 e. The topological polar surface area (TPSA) is 71.3 Å². The first-order valence-corrected chi connectivity index (χ1v) is 6.77. The first-order valence-electron chi connectivity index (χ1n) is 6.77. The van der Waals surface area contributed by atoms with Crippen LogP contribution in [0, 0.1) is 17.1 Å². The van der Waals surface area contributed by atoms with Gasteiger partial charge in [-0.1, -0.05) is 6.07 Å². The molecule has 0 fully saturated rings. The summed E-state index contributed by atoms with van der Waals surface area (Å²) in [6.45, 7) is 0.302. The minimum atomic E-state index is -0.509. The van der Waals surface area contributed by atoms with Gasteiger partial charge in [-0.05, 0) is 35.9 Å².